The van der Waals surface area contributed by atoms with Crippen molar-refractivity contribution in [3.63, 3.8) is 0 Å². The van der Waals surface area contributed by atoms with E-state index in [1.54, 1.807) is 11.3 Å². The van der Waals surface area contributed by atoms with Crippen molar-refractivity contribution in [3.8, 4) is 10.7 Å². The fourth-order valence-electron chi connectivity index (χ4n) is 1.25. The number of nitrogens with zero attached hydrogens (tertiary/aromatic N) is 2. The zero-order valence-corrected chi connectivity index (χ0v) is 11.4. The molecular weight excluding hydrogens is 290 g/mol. The van der Waals surface area contributed by atoms with E-state index in [0.29, 0.717) is 18.1 Å². The number of hydrogen-bond donors (Lipinski definition) is 1. The first-order chi connectivity index (χ1) is 7.44. The van der Waals surface area contributed by atoms with Crippen LogP contribution in [0.2, 0.25) is 0 Å². The first-order valence-electron chi connectivity index (χ1n) is 4.81. The zero-order valence-electron chi connectivity index (χ0n) is 9.03. The van der Waals surface area contributed by atoms with Gasteiger partial charge in [0.2, 0.25) is 11.7 Å². The Labute approximate surface area is 106 Å². The van der Waals surface area contributed by atoms with E-state index in [-0.39, 0.29) is 5.54 Å². The summed E-state index contributed by atoms with van der Waals surface area (Å²) in [5.41, 5.74) is 5.55. The Kier molecular flexibility index (Phi) is 3.14. The normalized spacial score (nSPS) is 12.0. The van der Waals surface area contributed by atoms with Crippen molar-refractivity contribution in [1.29, 1.82) is 0 Å². The van der Waals surface area contributed by atoms with Gasteiger partial charge in [-0.3, -0.25) is 0 Å². The largest absolute Gasteiger partial charge is 0.339 e. The van der Waals surface area contributed by atoms with Gasteiger partial charge < -0.3 is 10.3 Å². The van der Waals surface area contributed by atoms with Crippen molar-refractivity contribution >= 4 is 27.3 Å². The lowest BCUT2D eigenvalue weighted by Crippen LogP contribution is -2.34. The van der Waals surface area contributed by atoms with Crippen molar-refractivity contribution in [2.45, 2.75) is 25.8 Å². The Morgan fingerprint density at radius 2 is 2.25 bits per heavy atom. The zero-order chi connectivity index (χ0) is 11.8. The fraction of sp³-hybridized carbons (Fsp3) is 0.400. The lowest BCUT2D eigenvalue weighted by atomic mass is 10.0. The van der Waals surface area contributed by atoms with E-state index >= 15 is 0 Å². The number of nitrogens with two attached hydrogens (primary N) is 1. The summed E-state index contributed by atoms with van der Waals surface area (Å²) in [5.74, 6) is 1.20. The molecule has 0 aromatic carbocycles. The van der Waals surface area contributed by atoms with Crippen molar-refractivity contribution in [3.05, 3.63) is 21.8 Å². The molecule has 0 aliphatic heterocycles. The predicted octanol–water partition coefficient (Wildman–Crippen LogP) is 2.84. The molecule has 2 N–H and O–H groups in total. The molecule has 2 aromatic heterocycles. The van der Waals surface area contributed by atoms with Gasteiger partial charge in [-0.15, -0.1) is 11.3 Å². The lowest BCUT2D eigenvalue weighted by Gasteiger charge is -2.14. The van der Waals surface area contributed by atoms with Crippen LogP contribution >= 0.6 is 27.3 Å². The highest BCUT2D eigenvalue weighted by atomic mass is 79.9. The van der Waals surface area contributed by atoms with E-state index in [4.69, 9.17) is 10.3 Å². The standard InChI is InChI=1S/C10H12BrN3OS/c1-10(2,12)5-8-13-9(14-15-8)6-3-4-7(11)16-6/h3-4H,5,12H2,1-2H3. The van der Waals surface area contributed by atoms with Gasteiger partial charge >= 0.3 is 0 Å². The summed E-state index contributed by atoms with van der Waals surface area (Å²) in [6.45, 7) is 3.86. The highest BCUT2D eigenvalue weighted by Crippen LogP contribution is 2.29. The molecule has 16 heavy (non-hydrogen) atoms. The molecule has 0 aliphatic carbocycles. The Morgan fingerprint density at radius 1 is 1.50 bits per heavy atom. The maximum atomic E-state index is 5.89. The van der Waals surface area contributed by atoms with Crippen LogP contribution in [0.4, 0.5) is 0 Å². The second-order valence-electron chi connectivity index (χ2n) is 4.28. The maximum Gasteiger partial charge on any atom is 0.228 e. The summed E-state index contributed by atoms with van der Waals surface area (Å²) in [5, 5.41) is 3.93. The van der Waals surface area contributed by atoms with Gasteiger partial charge in [0.05, 0.1) is 8.66 Å². The average Bonchev–Trinajstić information content (AvgIpc) is 2.71. The minimum atomic E-state index is -0.333. The van der Waals surface area contributed by atoms with Gasteiger partial charge in [0.25, 0.3) is 0 Å². The molecule has 0 spiro atoms. The predicted molar refractivity (Wildman–Crippen MR) is 67.3 cm³/mol. The number of hydrogen-bond acceptors (Lipinski definition) is 5. The van der Waals surface area contributed by atoms with Crippen molar-refractivity contribution in [2.75, 3.05) is 0 Å². The molecule has 4 nitrogen and oxygen atoms in total. The summed E-state index contributed by atoms with van der Waals surface area (Å²) in [4.78, 5) is 5.29. The minimum absolute atomic E-state index is 0.333. The van der Waals surface area contributed by atoms with E-state index in [0.717, 1.165) is 8.66 Å². The van der Waals surface area contributed by atoms with Gasteiger partial charge in [-0.2, -0.15) is 4.98 Å². The molecule has 0 bridgehead atoms. The monoisotopic (exact) mass is 301 g/mol. The molecule has 0 radical (unpaired) electrons. The van der Waals surface area contributed by atoms with Crippen LogP contribution in [0.15, 0.2) is 20.4 Å². The summed E-state index contributed by atoms with van der Waals surface area (Å²) < 4.78 is 6.20. The summed E-state index contributed by atoms with van der Waals surface area (Å²) in [6, 6.07) is 3.92. The SMILES string of the molecule is CC(C)(N)Cc1nc(-c2ccc(Br)s2)no1. The van der Waals surface area contributed by atoms with E-state index in [1.807, 2.05) is 26.0 Å². The highest BCUT2D eigenvalue weighted by Gasteiger charge is 2.18. The van der Waals surface area contributed by atoms with Gasteiger partial charge in [0, 0.05) is 12.0 Å². The summed E-state index contributed by atoms with van der Waals surface area (Å²) in [6.07, 6.45) is 0.576. The van der Waals surface area contributed by atoms with E-state index < -0.39 is 0 Å². The van der Waals surface area contributed by atoms with E-state index in [1.165, 1.54) is 0 Å². The topological polar surface area (TPSA) is 64.9 Å². The molecule has 0 saturated heterocycles. The molecule has 2 aromatic rings. The Hall–Kier alpha value is -0.720. The molecule has 6 heteroatoms. The molecule has 2 rings (SSSR count). The van der Waals surface area contributed by atoms with Crippen LogP contribution in [-0.4, -0.2) is 15.7 Å². The van der Waals surface area contributed by atoms with Crippen LogP contribution in [0, 0.1) is 0 Å². The first-order valence-corrected chi connectivity index (χ1v) is 6.42. The second-order valence-corrected chi connectivity index (χ2v) is 6.74. The van der Waals surface area contributed by atoms with Crippen LogP contribution in [0.5, 0.6) is 0 Å². The summed E-state index contributed by atoms with van der Waals surface area (Å²) in [7, 11) is 0. The van der Waals surface area contributed by atoms with Crippen molar-refractivity contribution in [2.24, 2.45) is 5.73 Å². The van der Waals surface area contributed by atoms with E-state index in [9.17, 15) is 0 Å². The Morgan fingerprint density at radius 3 is 2.81 bits per heavy atom. The van der Waals surface area contributed by atoms with Crippen LogP contribution in [0.25, 0.3) is 10.7 Å². The van der Waals surface area contributed by atoms with E-state index in [2.05, 4.69) is 26.1 Å². The number of thiophene rings is 1. The van der Waals surface area contributed by atoms with Gasteiger partial charge in [0.1, 0.15) is 0 Å². The van der Waals surface area contributed by atoms with Gasteiger partial charge in [-0.05, 0) is 41.9 Å². The molecule has 0 atom stereocenters. The van der Waals surface area contributed by atoms with Crippen LogP contribution < -0.4 is 5.73 Å². The minimum Gasteiger partial charge on any atom is -0.339 e. The smallest absolute Gasteiger partial charge is 0.228 e. The maximum absolute atomic E-state index is 5.89. The third-order valence-corrected chi connectivity index (χ3v) is 3.49. The summed E-state index contributed by atoms with van der Waals surface area (Å²) >= 11 is 4.97. The molecule has 0 unspecified atom stereocenters. The molecular formula is C10H12BrN3OS. The molecule has 86 valence electrons. The van der Waals surface area contributed by atoms with Crippen molar-refractivity contribution in [1.82, 2.24) is 10.1 Å². The van der Waals surface area contributed by atoms with Crippen LogP contribution in [-0.2, 0) is 6.42 Å². The molecule has 0 saturated carbocycles. The quantitative estimate of drug-likeness (QED) is 0.947. The van der Waals surface area contributed by atoms with Crippen molar-refractivity contribution < 1.29 is 4.52 Å². The van der Waals surface area contributed by atoms with Gasteiger partial charge in [0.15, 0.2) is 0 Å². The number of halogens is 1. The Bertz CT molecular complexity index is 486. The first kappa shape index (κ1) is 11.8. The van der Waals surface area contributed by atoms with Gasteiger partial charge in [-0.25, -0.2) is 0 Å². The van der Waals surface area contributed by atoms with Gasteiger partial charge in [-0.1, -0.05) is 5.16 Å². The molecule has 2 heterocycles. The lowest BCUT2D eigenvalue weighted by molar-refractivity contribution is 0.348. The molecule has 0 fully saturated rings. The van der Waals surface area contributed by atoms with Crippen LogP contribution in [0.3, 0.4) is 0 Å². The van der Waals surface area contributed by atoms with Crippen LogP contribution in [0.1, 0.15) is 19.7 Å². The number of aromatic nitrogens is 2. The number of rotatable bonds is 3. The molecule has 0 amide bonds. The highest BCUT2D eigenvalue weighted by molar-refractivity contribution is 9.11. The second kappa shape index (κ2) is 4.27. The Balaban J connectivity index is 2.20. The fourth-order valence-corrected chi connectivity index (χ4v) is 2.56. The third kappa shape index (κ3) is 2.90. The third-order valence-electron chi connectivity index (χ3n) is 1.87. The molecule has 0 aliphatic rings. The average molecular weight is 302 g/mol.